The van der Waals surface area contributed by atoms with Gasteiger partial charge in [0.15, 0.2) is 15.5 Å². The maximum absolute atomic E-state index is 13.6. The third-order valence-corrected chi connectivity index (χ3v) is 7.32. The molecule has 1 aromatic heterocycles. The van der Waals surface area contributed by atoms with Crippen LogP contribution in [0, 0.1) is 5.41 Å². The molecular weight excluding hydrogens is 437 g/mol. The van der Waals surface area contributed by atoms with Gasteiger partial charge in [-0.25, -0.2) is 18.4 Å². The van der Waals surface area contributed by atoms with Gasteiger partial charge in [0, 0.05) is 31.9 Å². The van der Waals surface area contributed by atoms with Gasteiger partial charge in [0.05, 0.1) is 17.1 Å². The Labute approximate surface area is 180 Å². The van der Waals surface area contributed by atoms with Crippen molar-refractivity contribution < 1.29 is 31.5 Å². The lowest BCUT2D eigenvalue weighted by Crippen LogP contribution is -2.44. The van der Waals surface area contributed by atoms with Gasteiger partial charge in [-0.15, -0.1) is 0 Å². The molecule has 0 bridgehead atoms. The van der Waals surface area contributed by atoms with Crippen molar-refractivity contribution in [3.05, 3.63) is 17.5 Å². The molecule has 1 aliphatic rings. The number of nitrogens with zero attached hydrogens (tertiary/aromatic N) is 3. The average Bonchev–Trinajstić information content (AvgIpc) is 2.71. The lowest BCUT2D eigenvalue weighted by Gasteiger charge is -2.28. The maximum Gasteiger partial charge on any atom is 0.434 e. The number of amides is 1. The van der Waals surface area contributed by atoms with Gasteiger partial charge < -0.3 is 15.3 Å². The van der Waals surface area contributed by atoms with E-state index in [-0.39, 0.29) is 48.6 Å². The Morgan fingerprint density at radius 1 is 1.32 bits per heavy atom. The minimum atomic E-state index is -4.88. The van der Waals surface area contributed by atoms with E-state index in [0.29, 0.717) is 12.8 Å². The summed E-state index contributed by atoms with van der Waals surface area (Å²) in [4.78, 5) is 21.1. The van der Waals surface area contributed by atoms with Gasteiger partial charge in [0.25, 0.3) is 5.91 Å². The summed E-state index contributed by atoms with van der Waals surface area (Å²) < 4.78 is 63.8. The molecule has 2 rings (SSSR count). The fourth-order valence-corrected chi connectivity index (χ4v) is 4.34. The third kappa shape index (κ3) is 6.76. The Kier molecular flexibility index (Phi) is 7.90. The normalized spacial score (nSPS) is 19.5. The van der Waals surface area contributed by atoms with Crippen LogP contribution in [0.2, 0.25) is 0 Å². The SMILES string of the molecule is CCC(C)(CO)CCC(C)Nc1ncc(C(=O)N2CCS(=O)(=O)CC2)c(C(F)(F)F)n1. The molecule has 31 heavy (non-hydrogen) atoms. The van der Waals surface area contributed by atoms with E-state index in [4.69, 9.17) is 0 Å². The Balaban J connectivity index is 2.17. The van der Waals surface area contributed by atoms with Gasteiger partial charge in [-0.2, -0.15) is 13.2 Å². The second-order valence-electron chi connectivity index (χ2n) is 8.30. The van der Waals surface area contributed by atoms with Gasteiger partial charge >= 0.3 is 6.18 Å². The number of anilines is 1. The van der Waals surface area contributed by atoms with Crippen molar-refractivity contribution in [2.45, 2.75) is 52.3 Å². The zero-order chi connectivity index (χ0) is 23.4. The molecule has 1 aliphatic heterocycles. The zero-order valence-corrected chi connectivity index (χ0v) is 18.7. The number of sulfone groups is 1. The number of hydrogen-bond donors (Lipinski definition) is 2. The highest BCUT2D eigenvalue weighted by Gasteiger charge is 2.40. The lowest BCUT2D eigenvalue weighted by molar-refractivity contribution is -0.141. The Morgan fingerprint density at radius 2 is 1.94 bits per heavy atom. The quantitative estimate of drug-likeness (QED) is 0.605. The molecule has 176 valence electrons. The molecule has 0 radical (unpaired) electrons. The molecule has 0 saturated carbocycles. The Bertz CT molecular complexity index is 875. The van der Waals surface area contributed by atoms with Crippen LogP contribution < -0.4 is 5.32 Å². The third-order valence-electron chi connectivity index (χ3n) is 5.71. The standard InChI is InChI=1S/C19H29F3N4O4S/c1-4-18(3,12-27)6-5-13(2)24-17-23-11-14(15(25-17)19(20,21)22)16(28)26-7-9-31(29,30)10-8-26/h11,13,27H,4-10,12H2,1-3H3,(H,23,24,25). The number of aromatic nitrogens is 2. The van der Waals surface area contributed by atoms with Crippen LogP contribution in [-0.2, 0) is 16.0 Å². The molecule has 1 amide bonds. The van der Waals surface area contributed by atoms with E-state index in [1.165, 1.54) is 0 Å². The molecule has 8 nitrogen and oxygen atoms in total. The van der Waals surface area contributed by atoms with Crippen molar-refractivity contribution >= 4 is 21.7 Å². The Hall–Kier alpha value is -1.95. The molecule has 1 fully saturated rings. The Morgan fingerprint density at radius 3 is 2.45 bits per heavy atom. The number of carbonyl (C=O) groups is 1. The largest absolute Gasteiger partial charge is 0.434 e. The highest BCUT2D eigenvalue weighted by molar-refractivity contribution is 7.91. The predicted molar refractivity (Wildman–Crippen MR) is 109 cm³/mol. The monoisotopic (exact) mass is 466 g/mol. The second kappa shape index (κ2) is 9.68. The van der Waals surface area contributed by atoms with Crippen molar-refractivity contribution in [1.82, 2.24) is 14.9 Å². The van der Waals surface area contributed by atoms with Gasteiger partial charge in [-0.3, -0.25) is 4.79 Å². The number of carbonyl (C=O) groups excluding carboxylic acids is 1. The number of alkyl halides is 3. The van der Waals surface area contributed by atoms with Crippen molar-refractivity contribution in [1.29, 1.82) is 0 Å². The van der Waals surface area contributed by atoms with Gasteiger partial charge in [0.2, 0.25) is 5.95 Å². The van der Waals surface area contributed by atoms with Crippen LogP contribution in [-0.4, -0.2) is 71.5 Å². The summed E-state index contributed by atoms with van der Waals surface area (Å²) in [5.41, 5.74) is -2.33. The molecule has 2 atom stereocenters. The summed E-state index contributed by atoms with van der Waals surface area (Å²) >= 11 is 0. The van der Waals surface area contributed by atoms with Crippen LogP contribution in [0.25, 0.3) is 0 Å². The van der Waals surface area contributed by atoms with E-state index >= 15 is 0 Å². The van der Waals surface area contributed by atoms with Crippen molar-refractivity contribution in [3.8, 4) is 0 Å². The minimum absolute atomic E-state index is 0.0134. The van der Waals surface area contributed by atoms with Crippen LogP contribution >= 0.6 is 0 Å². The molecule has 2 N–H and O–H groups in total. The fraction of sp³-hybridized carbons (Fsp3) is 0.737. The molecule has 0 aromatic carbocycles. The van der Waals surface area contributed by atoms with Crippen LogP contribution in [0.5, 0.6) is 0 Å². The van der Waals surface area contributed by atoms with E-state index < -0.39 is 33.2 Å². The van der Waals surface area contributed by atoms with Crippen LogP contribution in [0.4, 0.5) is 19.1 Å². The number of halogens is 3. The van der Waals surface area contributed by atoms with E-state index in [1.54, 1.807) is 6.92 Å². The molecule has 1 aromatic rings. The molecule has 2 unspecified atom stereocenters. The van der Waals surface area contributed by atoms with Crippen LogP contribution in [0.1, 0.15) is 56.1 Å². The first-order valence-electron chi connectivity index (χ1n) is 10.1. The first-order chi connectivity index (χ1) is 14.3. The molecular formula is C19H29F3N4O4S. The first kappa shape index (κ1) is 25.3. The molecule has 0 spiro atoms. The molecule has 12 heteroatoms. The topological polar surface area (TPSA) is 112 Å². The van der Waals surface area contributed by atoms with Crippen molar-refractivity contribution in [3.63, 3.8) is 0 Å². The molecule has 2 heterocycles. The smallest absolute Gasteiger partial charge is 0.396 e. The summed E-state index contributed by atoms with van der Waals surface area (Å²) in [7, 11) is -3.28. The first-order valence-corrected chi connectivity index (χ1v) is 11.9. The van der Waals surface area contributed by atoms with Crippen LogP contribution in [0.3, 0.4) is 0 Å². The summed E-state index contributed by atoms with van der Waals surface area (Å²) in [5.74, 6) is -1.77. The molecule has 1 saturated heterocycles. The second-order valence-corrected chi connectivity index (χ2v) is 10.6. The van der Waals surface area contributed by atoms with Crippen LogP contribution in [0.15, 0.2) is 6.20 Å². The predicted octanol–water partition coefficient (Wildman–Crippen LogP) is 2.36. The maximum atomic E-state index is 13.6. The van der Waals surface area contributed by atoms with Crippen molar-refractivity contribution in [2.75, 3.05) is 36.5 Å². The van der Waals surface area contributed by atoms with Gasteiger partial charge in [0.1, 0.15) is 0 Å². The van der Waals surface area contributed by atoms with E-state index in [0.717, 1.165) is 17.5 Å². The van der Waals surface area contributed by atoms with E-state index in [1.807, 2.05) is 13.8 Å². The minimum Gasteiger partial charge on any atom is -0.396 e. The molecule has 0 aliphatic carbocycles. The van der Waals surface area contributed by atoms with Gasteiger partial charge in [-0.1, -0.05) is 13.8 Å². The summed E-state index contributed by atoms with van der Waals surface area (Å²) in [6, 6.07) is -0.257. The van der Waals surface area contributed by atoms with Gasteiger partial charge in [-0.05, 0) is 31.6 Å². The average molecular weight is 467 g/mol. The lowest BCUT2D eigenvalue weighted by atomic mass is 9.83. The number of nitrogens with one attached hydrogen (secondary N) is 1. The summed E-state index contributed by atoms with van der Waals surface area (Å²) in [6.45, 7) is 5.34. The van der Waals surface area contributed by atoms with Crippen molar-refractivity contribution in [2.24, 2.45) is 5.41 Å². The summed E-state index contributed by atoms with van der Waals surface area (Å²) in [6.07, 6.45) is -2.04. The highest BCUT2D eigenvalue weighted by atomic mass is 32.2. The van der Waals surface area contributed by atoms with E-state index in [9.17, 15) is 31.5 Å². The number of rotatable bonds is 8. The zero-order valence-electron chi connectivity index (χ0n) is 17.9. The fourth-order valence-electron chi connectivity index (χ4n) is 3.13. The highest BCUT2D eigenvalue weighted by Crippen LogP contribution is 2.32. The number of aliphatic hydroxyl groups excluding tert-OH is 1. The summed E-state index contributed by atoms with van der Waals surface area (Å²) in [5, 5.41) is 12.3. The van der Waals surface area contributed by atoms with E-state index in [2.05, 4.69) is 15.3 Å². The number of aliphatic hydroxyl groups is 1. The number of hydrogen-bond acceptors (Lipinski definition) is 7.